The summed E-state index contributed by atoms with van der Waals surface area (Å²) >= 11 is 0. The van der Waals surface area contributed by atoms with Crippen LogP contribution in [0.15, 0.2) is 18.2 Å². The van der Waals surface area contributed by atoms with Gasteiger partial charge >= 0.3 is 6.18 Å². The average Bonchev–Trinajstić information content (AvgIpc) is 2.20. The van der Waals surface area contributed by atoms with Crippen molar-refractivity contribution < 1.29 is 18.3 Å². The summed E-state index contributed by atoms with van der Waals surface area (Å²) in [6.45, 7) is 3.82. The summed E-state index contributed by atoms with van der Waals surface area (Å²) in [5.74, 6) is 0. The molecule has 0 aliphatic rings. The third-order valence-corrected chi connectivity index (χ3v) is 2.72. The van der Waals surface area contributed by atoms with Crippen LogP contribution in [0.3, 0.4) is 0 Å². The molecule has 0 radical (unpaired) electrons. The van der Waals surface area contributed by atoms with Gasteiger partial charge in [-0.05, 0) is 37.8 Å². The summed E-state index contributed by atoms with van der Waals surface area (Å²) in [4.78, 5) is 0. The summed E-state index contributed by atoms with van der Waals surface area (Å²) < 4.78 is 36.0. The molecule has 0 saturated heterocycles. The molecule has 0 spiro atoms. The van der Waals surface area contributed by atoms with Gasteiger partial charge in [-0.15, -0.1) is 0 Å². The normalized spacial score (nSPS) is 13.8. The molecule has 1 rings (SSSR count). The second-order valence-electron chi connectivity index (χ2n) is 4.44. The van der Waals surface area contributed by atoms with E-state index in [1.807, 2.05) is 32.0 Å². The van der Waals surface area contributed by atoms with Gasteiger partial charge in [-0.25, -0.2) is 0 Å². The third-order valence-electron chi connectivity index (χ3n) is 2.72. The number of benzene rings is 1. The molecule has 17 heavy (non-hydrogen) atoms. The zero-order valence-electron chi connectivity index (χ0n) is 10.0. The Bertz CT molecular complexity index is 371. The van der Waals surface area contributed by atoms with Gasteiger partial charge < -0.3 is 5.11 Å². The van der Waals surface area contributed by atoms with Gasteiger partial charge in [0.15, 0.2) is 0 Å². The van der Waals surface area contributed by atoms with Crippen LogP contribution in [0.4, 0.5) is 13.2 Å². The highest BCUT2D eigenvalue weighted by atomic mass is 19.4. The fourth-order valence-electron chi connectivity index (χ4n) is 1.71. The Balaban J connectivity index is 2.56. The lowest BCUT2D eigenvalue weighted by Crippen LogP contribution is -2.16. The lowest BCUT2D eigenvalue weighted by Gasteiger charge is -2.14. The minimum atomic E-state index is -4.19. The quantitative estimate of drug-likeness (QED) is 0.861. The van der Waals surface area contributed by atoms with E-state index < -0.39 is 18.7 Å². The molecule has 1 unspecified atom stereocenters. The zero-order chi connectivity index (χ0) is 13.1. The molecule has 4 heteroatoms. The van der Waals surface area contributed by atoms with Gasteiger partial charge in [0.2, 0.25) is 0 Å². The predicted molar refractivity (Wildman–Crippen MR) is 60.9 cm³/mol. The van der Waals surface area contributed by atoms with E-state index in [4.69, 9.17) is 0 Å². The monoisotopic (exact) mass is 246 g/mol. The number of aliphatic hydroxyl groups is 1. The zero-order valence-corrected chi connectivity index (χ0v) is 10.0. The van der Waals surface area contributed by atoms with Gasteiger partial charge in [-0.3, -0.25) is 0 Å². The molecule has 96 valence electrons. The molecule has 1 nitrogen and oxygen atoms in total. The maximum atomic E-state index is 12.0. The summed E-state index contributed by atoms with van der Waals surface area (Å²) in [5.41, 5.74) is 2.97. The second-order valence-corrected chi connectivity index (χ2v) is 4.44. The van der Waals surface area contributed by atoms with E-state index in [0.29, 0.717) is 0 Å². The van der Waals surface area contributed by atoms with Crippen molar-refractivity contribution in [2.75, 3.05) is 0 Å². The van der Waals surface area contributed by atoms with Crippen molar-refractivity contribution in [3.63, 3.8) is 0 Å². The number of halogens is 3. The molecule has 1 atom stereocenters. The Morgan fingerprint density at radius 2 is 1.88 bits per heavy atom. The number of aryl methyl sites for hydroxylation is 2. The van der Waals surface area contributed by atoms with Gasteiger partial charge in [0, 0.05) is 6.42 Å². The van der Waals surface area contributed by atoms with Crippen molar-refractivity contribution in [2.45, 2.75) is 45.4 Å². The van der Waals surface area contributed by atoms with Gasteiger partial charge in [0.1, 0.15) is 0 Å². The molecule has 0 aromatic heterocycles. The molecule has 0 saturated carbocycles. The highest BCUT2D eigenvalue weighted by Gasteiger charge is 2.27. The van der Waals surface area contributed by atoms with Crippen molar-refractivity contribution in [1.29, 1.82) is 0 Å². The van der Waals surface area contributed by atoms with Gasteiger partial charge in [0.25, 0.3) is 0 Å². The number of hydrogen-bond donors (Lipinski definition) is 1. The van der Waals surface area contributed by atoms with Crippen LogP contribution in [0.5, 0.6) is 0 Å². The number of hydrogen-bond acceptors (Lipinski definition) is 1. The highest BCUT2D eigenvalue weighted by Crippen LogP contribution is 2.23. The summed E-state index contributed by atoms with van der Waals surface area (Å²) in [6, 6.07) is 5.77. The Hall–Kier alpha value is -1.03. The molecule has 0 heterocycles. The van der Waals surface area contributed by atoms with Gasteiger partial charge in [-0.2, -0.15) is 13.2 Å². The van der Waals surface area contributed by atoms with E-state index in [2.05, 4.69) is 0 Å². The molecule has 0 amide bonds. The van der Waals surface area contributed by atoms with E-state index in [1.54, 1.807) is 0 Å². The highest BCUT2D eigenvalue weighted by molar-refractivity contribution is 5.30. The van der Waals surface area contributed by atoms with Crippen LogP contribution in [-0.2, 0) is 6.42 Å². The van der Waals surface area contributed by atoms with Crippen molar-refractivity contribution in [2.24, 2.45) is 0 Å². The lowest BCUT2D eigenvalue weighted by atomic mass is 9.98. The van der Waals surface area contributed by atoms with Crippen LogP contribution >= 0.6 is 0 Å². The molecular formula is C13H17F3O. The fourth-order valence-corrected chi connectivity index (χ4v) is 1.71. The van der Waals surface area contributed by atoms with Crippen molar-refractivity contribution in [3.8, 4) is 0 Å². The Labute approximate surface area is 99.3 Å². The largest absolute Gasteiger partial charge is 0.393 e. The van der Waals surface area contributed by atoms with E-state index in [9.17, 15) is 18.3 Å². The first-order chi connectivity index (χ1) is 7.78. The standard InChI is InChI=1S/C13H17F3O/c1-9-3-4-10(2)11(7-9)8-12(17)5-6-13(14,15)16/h3-4,7,12,17H,5-6,8H2,1-2H3. The van der Waals surface area contributed by atoms with Crippen molar-refractivity contribution in [1.82, 2.24) is 0 Å². The average molecular weight is 246 g/mol. The minimum Gasteiger partial charge on any atom is -0.393 e. The van der Waals surface area contributed by atoms with Crippen molar-refractivity contribution in [3.05, 3.63) is 34.9 Å². The van der Waals surface area contributed by atoms with Gasteiger partial charge in [-0.1, -0.05) is 23.8 Å². The summed E-state index contributed by atoms with van der Waals surface area (Å²) in [5, 5.41) is 9.58. The number of rotatable bonds is 4. The van der Waals surface area contributed by atoms with Crippen molar-refractivity contribution >= 4 is 0 Å². The van der Waals surface area contributed by atoms with E-state index in [-0.39, 0.29) is 12.8 Å². The first-order valence-electron chi connectivity index (χ1n) is 5.59. The van der Waals surface area contributed by atoms with Crippen LogP contribution in [0.2, 0.25) is 0 Å². The van der Waals surface area contributed by atoms with Crippen LogP contribution in [0.1, 0.15) is 29.5 Å². The van der Waals surface area contributed by atoms with E-state index in [1.165, 1.54) is 0 Å². The molecular weight excluding hydrogens is 229 g/mol. The molecule has 0 bridgehead atoms. The van der Waals surface area contributed by atoms with Crippen LogP contribution in [0.25, 0.3) is 0 Å². The molecule has 1 N–H and O–H groups in total. The molecule has 0 fully saturated rings. The smallest absolute Gasteiger partial charge is 0.389 e. The first-order valence-corrected chi connectivity index (χ1v) is 5.59. The lowest BCUT2D eigenvalue weighted by molar-refractivity contribution is -0.139. The predicted octanol–water partition coefficient (Wildman–Crippen LogP) is 3.55. The van der Waals surface area contributed by atoms with E-state index in [0.717, 1.165) is 16.7 Å². The van der Waals surface area contributed by atoms with Crippen LogP contribution < -0.4 is 0 Å². The Morgan fingerprint density at radius 1 is 1.24 bits per heavy atom. The maximum absolute atomic E-state index is 12.0. The van der Waals surface area contributed by atoms with Crippen LogP contribution in [0, 0.1) is 13.8 Å². The molecule has 1 aromatic rings. The molecule has 0 aliphatic heterocycles. The van der Waals surface area contributed by atoms with Gasteiger partial charge in [0.05, 0.1) is 6.10 Å². The second kappa shape index (κ2) is 5.54. The maximum Gasteiger partial charge on any atom is 0.389 e. The Kier molecular flexibility index (Phi) is 4.57. The number of alkyl halides is 3. The fraction of sp³-hybridized carbons (Fsp3) is 0.538. The van der Waals surface area contributed by atoms with E-state index >= 15 is 0 Å². The summed E-state index contributed by atoms with van der Waals surface area (Å²) in [7, 11) is 0. The minimum absolute atomic E-state index is 0.239. The van der Waals surface area contributed by atoms with Crippen LogP contribution in [-0.4, -0.2) is 17.4 Å². The SMILES string of the molecule is Cc1ccc(C)c(CC(O)CCC(F)(F)F)c1. The topological polar surface area (TPSA) is 20.2 Å². The molecule has 0 aliphatic carbocycles. The summed E-state index contributed by atoms with van der Waals surface area (Å²) in [6.07, 6.45) is -6.01. The molecule has 1 aromatic carbocycles. The third kappa shape index (κ3) is 5.22. The Morgan fingerprint density at radius 3 is 2.47 bits per heavy atom. The number of aliphatic hydroxyl groups excluding tert-OH is 1. The first kappa shape index (κ1) is 14.0.